The first kappa shape index (κ1) is 17.8. The number of ether oxygens (including phenoxy) is 1. The van der Waals surface area contributed by atoms with E-state index in [-0.39, 0.29) is 0 Å². The van der Waals surface area contributed by atoms with E-state index in [9.17, 15) is 0 Å². The maximum Gasteiger partial charge on any atom is 0.232 e. The van der Waals surface area contributed by atoms with E-state index < -0.39 is 0 Å². The van der Waals surface area contributed by atoms with Crippen LogP contribution < -0.4 is 4.74 Å². The first-order valence-electron chi connectivity index (χ1n) is 7.48. The minimum Gasteiger partial charge on any atom is -0.477 e. The molecule has 5 heteroatoms. The summed E-state index contributed by atoms with van der Waals surface area (Å²) in [5.74, 6) is 1.19. The second kappa shape index (κ2) is 8.88. The molecule has 0 spiro atoms. The molecule has 0 aromatic carbocycles. The van der Waals surface area contributed by atoms with Gasteiger partial charge in [-0.3, -0.25) is 0 Å². The Labute approximate surface area is 133 Å². The Morgan fingerprint density at radius 1 is 1.48 bits per heavy atom. The minimum atomic E-state index is 0.501. The lowest BCUT2D eigenvalue weighted by Crippen LogP contribution is -2.14. The van der Waals surface area contributed by atoms with E-state index in [1.165, 1.54) is 0 Å². The summed E-state index contributed by atoms with van der Waals surface area (Å²) < 4.78 is 5.66. The summed E-state index contributed by atoms with van der Waals surface area (Å²) in [5, 5.41) is 0.511. The van der Waals surface area contributed by atoms with Gasteiger partial charge in [0.1, 0.15) is 5.02 Å². The lowest BCUT2D eigenvalue weighted by atomic mass is 10.1. The molecule has 0 aliphatic heterocycles. The fourth-order valence-corrected chi connectivity index (χ4v) is 1.88. The minimum absolute atomic E-state index is 0.501. The number of aryl methyl sites for hydroxylation is 1. The first-order valence-corrected chi connectivity index (χ1v) is 7.86. The highest BCUT2D eigenvalue weighted by molar-refractivity contribution is 6.32. The molecule has 1 rings (SSSR count). The van der Waals surface area contributed by atoms with Gasteiger partial charge in [0.2, 0.25) is 5.88 Å². The van der Waals surface area contributed by atoms with Crippen molar-refractivity contribution >= 4 is 23.6 Å². The molecule has 118 valence electrons. The van der Waals surface area contributed by atoms with Crippen LogP contribution in [0.4, 0.5) is 5.69 Å². The van der Waals surface area contributed by atoms with Crippen molar-refractivity contribution in [1.82, 2.24) is 9.88 Å². The highest BCUT2D eigenvalue weighted by Crippen LogP contribution is 2.29. The zero-order chi connectivity index (χ0) is 15.8. The Bertz CT molecular complexity index is 475. The average Bonchev–Trinajstić information content (AvgIpc) is 2.44. The average molecular weight is 312 g/mol. The van der Waals surface area contributed by atoms with Crippen molar-refractivity contribution in [3.63, 3.8) is 0 Å². The third-order valence-electron chi connectivity index (χ3n) is 3.17. The van der Waals surface area contributed by atoms with Crippen LogP contribution >= 0.6 is 11.6 Å². The van der Waals surface area contributed by atoms with Crippen molar-refractivity contribution in [3.8, 4) is 5.88 Å². The smallest absolute Gasteiger partial charge is 0.232 e. The van der Waals surface area contributed by atoms with E-state index >= 15 is 0 Å². The van der Waals surface area contributed by atoms with E-state index in [1.807, 2.05) is 24.9 Å². The number of rotatable bonds is 8. The monoisotopic (exact) mass is 311 g/mol. The van der Waals surface area contributed by atoms with Crippen LogP contribution in [0.5, 0.6) is 5.88 Å². The van der Waals surface area contributed by atoms with E-state index in [4.69, 9.17) is 16.3 Å². The molecule has 0 radical (unpaired) electrons. The normalized spacial score (nSPS) is 11.4. The van der Waals surface area contributed by atoms with Gasteiger partial charge in [0.15, 0.2) is 0 Å². The van der Waals surface area contributed by atoms with Crippen molar-refractivity contribution in [2.24, 2.45) is 10.9 Å². The molecule has 0 saturated carbocycles. The molecule has 1 aromatic heterocycles. The molecule has 4 nitrogen and oxygen atoms in total. The molecule has 21 heavy (non-hydrogen) atoms. The van der Waals surface area contributed by atoms with Crippen LogP contribution in [0, 0.1) is 12.8 Å². The maximum absolute atomic E-state index is 6.22. The molecule has 1 heterocycles. The predicted octanol–water partition coefficient (Wildman–Crippen LogP) is 4.47. The topological polar surface area (TPSA) is 37.7 Å². The van der Waals surface area contributed by atoms with Crippen molar-refractivity contribution in [2.45, 2.75) is 40.5 Å². The zero-order valence-corrected chi connectivity index (χ0v) is 14.4. The van der Waals surface area contributed by atoms with Crippen LogP contribution in [-0.2, 0) is 0 Å². The van der Waals surface area contributed by atoms with E-state index in [2.05, 4.69) is 30.7 Å². The van der Waals surface area contributed by atoms with Crippen molar-refractivity contribution in [1.29, 1.82) is 0 Å². The molecule has 0 saturated heterocycles. The molecule has 0 unspecified atom stereocenters. The van der Waals surface area contributed by atoms with Gasteiger partial charge >= 0.3 is 0 Å². The quantitative estimate of drug-likeness (QED) is 0.404. The van der Waals surface area contributed by atoms with E-state index in [0.717, 1.165) is 30.8 Å². The molecule has 0 bridgehead atoms. The number of nitrogens with zero attached hydrogens (tertiary/aromatic N) is 3. The van der Waals surface area contributed by atoms with Gasteiger partial charge in [-0.2, -0.15) is 0 Å². The van der Waals surface area contributed by atoms with Crippen molar-refractivity contribution < 1.29 is 4.74 Å². The summed E-state index contributed by atoms with van der Waals surface area (Å²) >= 11 is 6.22. The van der Waals surface area contributed by atoms with Gasteiger partial charge in [0.25, 0.3) is 0 Å². The molecule has 0 aliphatic rings. The summed E-state index contributed by atoms with van der Waals surface area (Å²) in [4.78, 5) is 10.8. The number of halogens is 1. The van der Waals surface area contributed by atoms with Gasteiger partial charge < -0.3 is 9.64 Å². The lowest BCUT2D eigenvalue weighted by Gasteiger charge is -2.11. The molecule has 0 amide bonds. The Hall–Kier alpha value is -1.29. The summed E-state index contributed by atoms with van der Waals surface area (Å²) in [6.07, 6.45) is 3.93. The fourth-order valence-electron chi connectivity index (χ4n) is 1.68. The van der Waals surface area contributed by atoms with Crippen LogP contribution in [0.25, 0.3) is 0 Å². The lowest BCUT2D eigenvalue weighted by molar-refractivity contribution is 0.287. The highest BCUT2D eigenvalue weighted by atomic mass is 35.5. The Morgan fingerprint density at radius 3 is 2.81 bits per heavy atom. The molecule has 0 N–H and O–H groups in total. The second-order valence-electron chi connectivity index (χ2n) is 5.58. The molecular weight excluding hydrogens is 286 g/mol. The van der Waals surface area contributed by atoms with Crippen LogP contribution in [0.1, 0.15) is 39.3 Å². The van der Waals surface area contributed by atoms with Gasteiger partial charge in [-0.05, 0) is 38.7 Å². The Kier molecular flexibility index (Phi) is 7.51. The number of hydrogen-bond acceptors (Lipinski definition) is 3. The predicted molar refractivity (Wildman–Crippen MR) is 90.0 cm³/mol. The number of hydrogen-bond donors (Lipinski definition) is 0. The van der Waals surface area contributed by atoms with E-state index in [1.54, 1.807) is 6.34 Å². The van der Waals surface area contributed by atoms with Gasteiger partial charge in [-0.15, -0.1) is 0 Å². The molecule has 1 aromatic rings. The SMILES string of the molecule is CCN(C)/C=N/c1cc(Cl)c(OCCCC(C)C)nc1C. The third-order valence-corrected chi connectivity index (χ3v) is 3.44. The Morgan fingerprint density at radius 2 is 2.19 bits per heavy atom. The zero-order valence-electron chi connectivity index (χ0n) is 13.7. The summed E-state index contributed by atoms with van der Waals surface area (Å²) in [5.41, 5.74) is 1.59. The molecule has 0 fully saturated rings. The van der Waals surface area contributed by atoms with Gasteiger partial charge in [0.05, 0.1) is 24.3 Å². The number of pyridine rings is 1. The van der Waals surface area contributed by atoms with E-state index in [0.29, 0.717) is 23.4 Å². The van der Waals surface area contributed by atoms with Crippen LogP contribution in [0.3, 0.4) is 0 Å². The summed E-state index contributed by atoms with van der Waals surface area (Å²) in [7, 11) is 1.97. The van der Waals surface area contributed by atoms with Crippen LogP contribution in [0.15, 0.2) is 11.1 Å². The van der Waals surface area contributed by atoms with Crippen LogP contribution in [0.2, 0.25) is 5.02 Å². The number of aromatic nitrogens is 1. The summed E-state index contributed by atoms with van der Waals surface area (Å²) in [6.45, 7) is 9.94. The molecular formula is C16H26ClN3O. The van der Waals surface area contributed by atoms with Gasteiger partial charge in [-0.1, -0.05) is 25.4 Å². The van der Waals surface area contributed by atoms with Gasteiger partial charge in [0, 0.05) is 13.6 Å². The second-order valence-corrected chi connectivity index (χ2v) is 5.99. The fraction of sp³-hybridized carbons (Fsp3) is 0.625. The first-order chi connectivity index (χ1) is 9.93. The maximum atomic E-state index is 6.22. The standard InChI is InChI=1S/C16H26ClN3O/c1-6-20(5)11-18-15-10-14(17)16(19-13(15)4)21-9-7-8-12(2)3/h10-12H,6-9H2,1-5H3/b18-11+. The van der Waals surface area contributed by atoms with Crippen molar-refractivity contribution in [3.05, 3.63) is 16.8 Å². The molecule has 0 aliphatic carbocycles. The molecule has 0 atom stereocenters. The van der Waals surface area contributed by atoms with Crippen molar-refractivity contribution in [2.75, 3.05) is 20.2 Å². The Balaban J connectivity index is 2.68. The van der Waals surface area contributed by atoms with Crippen LogP contribution in [-0.4, -0.2) is 36.4 Å². The largest absolute Gasteiger partial charge is 0.477 e. The van der Waals surface area contributed by atoms with Gasteiger partial charge in [-0.25, -0.2) is 9.98 Å². The summed E-state index contributed by atoms with van der Waals surface area (Å²) in [6, 6.07) is 1.81. The highest BCUT2D eigenvalue weighted by Gasteiger charge is 2.08. The third kappa shape index (κ3) is 6.34. The number of aliphatic imine (C=N–C) groups is 1.